The van der Waals surface area contributed by atoms with Gasteiger partial charge in [-0.15, -0.1) is 0 Å². The number of nitrogens with one attached hydrogen (secondary N) is 1. The van der Waals surface area contributed by atoms with Gasteiger partial charge in [0.05, 0.1) is 5.25 Å². The lowest BCUT2D eigenvalue weighted by molar-refractivity contribution is 0.392. The van der Waals surface area contributed by atoms with E-state index in [9.17, 15) is 8.42 Å². The quantitative estimate of drug-likeness (QED) is 0.867. The molecule has 3 atom stereocenters. The first-order chi connectivity index (χ1) is 9.95. The molecule has 0 saturated heterocycles. The Balaban J connectivity index is 1.84. The van der Waals surface area contributed by atoms with Gasteiger partial charge in [-0.2, -0.15) is 4.37 Å². The van der Waals surface area contributed by atoms with Crippen LogP contribution in [-0.4, -0.2) is 24.1 Å². The summed E-state index contributed by atoms with van der Waals surface area (Å²) in [6.07, 6.45) is 4.95. The van der Waals surface area contributed by atoms with Gasteiger partial charge in [0.2, 0.25) is 0 Å². The first-order valence-electron chi connectivity index (χ1n) is 7.70. The van der Waals surface area contributed by atoms with Crippen molar-refractivity contribution in [3.63, 3.8) is 0 Å². The number of aromatic nitrogens is 1. The van der Waals surface area contributed by atoms with Gasteiger partial charge in [-0.25, -0.2) is 8.42 Å². The van der Waals surface area contributed by atoms with Crippen LogP contribution in [0, 0.1) is 11.8 Å². The smallest absolute Gasteiger partial charge is 0.187 e. The molecule has 0 aliphatic heterocycles. The maximum absolute atomic E-state index is 12.5. The predicted molar refractivity (Wildman–Crippen MR) is 86.3 cm³/mol. The number of rotatable bonds is 5. The van der Waals surface area contributed by atoms with E-state index in [4.69, 9.17) is 5.73 Å². The van der Waals surface area contributed by atoms with E-state index >= 15 is 0 Å². The molecule has 5 nitrogen and oxygen atoms in total. The first-order valence-corrected chi connectivity index (χ1v) is 10.0. The molecule has 2 aliphatic carbocycles. The lowest BCUT2D eigenvalue weighted by Gasteiger charge is -2.21. The number of nitrogens with two attached hydrogens (primary N) is 1. The Bertz CT molecular complexity index is 622. The average Bonchev–Trinajstić information content (AvgIpc) is 3.16. The average molecular weight is 329 g/mol. The number of hydrogen-bond acceptors (Lipinski definition) is 6. The fourth-order valence-corrected chi connectivity index (χ4v) is 6.34. The largest absolute Gasteiger partial charge is 0.382 e. The summed E-state index contributed by atoms with van der Waals surface area (Å²) in [7, 11) is -3.30. The van der Waals surface area contributed by atoms with Gasteiger partial charge in [0.25, 0.3) is 0 Å². The van der Waals surface area contributed by atoms with Gasteiger partial charge < -0.3 is 11.1 Å². The molecule has 3 N–H and O–H groups in total. The maximum Gasteiger partial charge on any atom is 0.187 e. The van der Waals surface area contributed by atoms with E-state index in [1.807, 2.05) is 0 Å². The van der Waals surface area contributed by atoms with Crippen LogP contribution in [0.25, 0.3) is 0 Å². The van der Waals surface area contributed by atoms with Crippen LogP contribution < -0.4 is 11.1 Å². The molecule has 2 aliphatic rings. The SMILES string of the molecule is CCC1CCC(Nc2snc(N)c2S(=O)(=O)C2CC2)C1C. The molecule has 118 valence electrons. The zero-order valence-electron chi connectivity index (χ0n) is 12.5. The van der Waals surface area contributed by atoms with E-state index in [0.717, 1.165) is 25.2 Å². The van der Waals surface area contributed by atoms with Crippen molar-refractivity contribution in [1.29, 1.82) is 0 Å². The summed E-state index contributed by atoms with van der Waals surface area (Å²) in [5.74, 6) is 1.43. The highest BCUT2D eigenvalue weighted by Crippen LogP contribution is 2.43. The summed E-state index contributed by atoms with van der Waals surface area (Å²) in [5, 5.41) is 3.83. The number of sulfone groups is 1. The standard InChI is InChI=1S/C14H23N3O2S2/c1-3-9-4-7-11(8(9)2)16-14-12(13(15)17-20-14)21(18,19)10-5-6-10/h8-11,16H,3-7H2,1-2H3,(H2,15,17). The fraction of sp³-hybridized carbons (Fsp3) is 0.786. The Labute approximate surface area is 130 Å². The summed E-state index contributed by atoms with van der Waals surface area (Å²) in [6.45, 7) is 4.47. The van der Waals surface area contributed by atoms with Crippen LogP contribution in [0.5, 0.6) is 0 Å². The molecular weight excluding hydrogens is 306 g/mol. The first kappa shape index (κ1) is 15.1. The molecule has 0 amide bonds. The summed E-state index contributed by atoms with van der Waals surface area (Å²) < 4.78 is 29.1. The van der Waals surface area contributed by atoms with Crippen LogP contribution in [0.3, 0.4) is 0 Å². The Hall–Kier alpha value is -0.820. The minimum absolute atomic E-state index is 0.159. The molecule has 2 fully saturated rings. The van der Waals surface area contributed by atoms with Crippen LogP contribution in [0.2, 0.25) is 0 Å². The van der Waals surface area contributed by atoms with Crippen molar-refractivity contribution in [2.45, 2.75) is 62.1 Å². The van der Waals surface area contributed by atoms with Crippen LogP contribution in [0.1, 0.15) is 46.0 Å². The third-order valence-corrected chi connectivity index (χ3v) is 8.24. The van der Waals surface area contributed by atoms with E-state index in [1.54, 1.807) is 0 Å². The van der Waals surface area contributed by atoms with Crippen LogP contribution in [-0.2, 0) is 9.84 Å². The third-order valence-electron chi connectivity index (χ3n) is 4.99. The van der Waals surface area contributed by atoms with E-state index in [-0.39, 0.29) is 16.0 Å². The molecule has 21 heavy (non-hydrogen) atoms. The molecular formula is C14H23N3O2S2. The number of anilines is 2. The zero-order chi connectivity index (χ0) is 15.2. The van der Waals surface area contributed by atoms with Crippen molar-refractivity contribution >= 4 is 32.2 Å². The Morgan fingerprint density at radius 1 is 1.33 bits per heavy atom. The highest BCUT2D eigenvalue weighted by molar-refractivity contribution is 7.92. The number of nitrogen functional groups attached to an aromatic ring is 1. The molecule has 3 unspecified atom stereocenters. The van der Waals surface area contributed by atoms with Gasteiger partial charge in [-0.1, -0.05) is 20.3 Å². The fourth-order valence-electron chi connectivity index (χ4n) is 3.40. The monoisotopic (exact) mass is 329 g/mol. The molecule has 0 spiro atoms. The molecule has 1 heterocycles. The lowest BCUT2D eigenvalue weighted by atomic mass is 9.93. The highest BCUT2D eigenvalue weighted by Gasteiger charge is 2.41. The Morgan fingerprint density at radius 3 is 2.62 bits per heavy atom. The van der Waals surface area contributed by atoms with Crippen LogP contribution in [0.4, 0.5) is 10.8 Å². The van der Waals surface area contributed by atoms with E-state index in [0.29, 0.717) is 17.0 Å². The van der Waals surface area contributed by atoms with Crippen molar-refractivity contribution < 1.29 is 8.42 Å². The lowest BCUT2D eigenvalue weighted by Crippen LogP contribution is -2.25. The van der Waals surface area contributed by atoms with Gasteiger partial charge in [-0.3, -0.25) is 0 Å². The topological polar surface area (TPSA) is 85.1 Å². The summed E-state index contributed by atoms with van der Waals surface area (Å²) in [4.78, 5) is 0.252. The van der Waals surface area contributed by atoms with Crippen LogP contribution in [0.15, 0.2) is 4.90 Å². The summed E-state index contributed by atoms with van der Waals surface area (Å²) >= 11 is 1.18. The minimum Gasteiger partial charge on any atom is -0.382 e. The van der Waals surface area contributed by atoms with Gasteiger partial charge in [0.15, 0.2) is 15.7 Å². The number of hydrogen-bond donors (Lipinski definition) is 2. The molecule has 1 aromatic heterocycles. The van der Waals surface area contributed by atoms with Gasteiger partial charge in [0.1, 0.15) is 9.90 Å². The molecule has 0 radical (unpaired) electrons. The van der Waals surface area contributed by atoms with E-state index in [1.165, 1.54) is 24.4 Å². The van der Waals surface area contributed by atoms with E-state index in [2.05, 4.69) is 23.5 Å². The second-order valence-electron chi connectivity index (χ2n) is 6.33. The number of nitrogens with zero attached hydrogens (tertiary/aromatic N) is 1. The van der Waals surface area contributed by atoms with Crippen molar-refractivity contribution in [1.82, 2.24) is 4.37 Å². The summed E-state index contributed by atoms with van der Waals surface area (Å²) in [5.41, 5.74) is 5.84. The zero-order valence-corrected chi connectivity index (χ0v) is 14.1. The van der Waals surface area contributed by atoms with Gasteiger partial charge in [0, 0.05) is 6.04 Å². The molecule has 2 saturated carbocycles. The van der Waals surface area contributed by atoms with Crippen molar-refractivity contribution in [3.05, 3.63) is 0 Å². The minimum atomic E-state index is -3.30. The van der Waals surface area contributed by atoms with Crippen molar-refractivity contribution in [2.24, 2.45) is 11.8 Å². The summed E-state index contributed by atoms with van der Waals surface area (Å²) in [6, 6.07) is 0.322. The van der Waals surface area contributed by atoms with Crippen LogP contribution >= 0.6 is 11.5 Å². The van der Waals surface area contributed by atoms with Gasteiger partial charge in [-0.05, 0) is 49.1 Å². The molecule has 3 rings (SSSR count). The molecule has 0 bridgehead atoms. The third kappa shape index (κ3) is 2.65. The maximum atomic E-state index is 12.5. The second kappa shape index (κ2) is 5.43. The molecule has 1 aromatic rings. The van der Waals surface area contributed by atoms with E-state index < -0.39 is 9.84 Å². The second-order valence-corrected chi connectivity index (χ2v) is 9.26. The normalized spacial score (nSPS) is 29.7. The Morgan fingerprint density at radius 2 is 2.05 bits per heavy atom. The Kier molecular flexibility index (Phi) is 3.90. The molecule has 0 aromatic carbocycles. The van der Waals surface area contributed by atoms with Crippen molar-refractivity contribution in [2.75, 3.05) is 11.1 Å². The molecule has 7 heteroatoms. The van der Waals surface area contributed by atoms with Gasteiger partial charge >= 0.3 is 0 Å². The highest BCUT2D eigenvalue weighted by atomic mass is 32.2. The van der Waals surface area contributed by atoms with Crippen molar-refractivity contribution in [3.8, 4) is 0 Å². The predicted octanol–water partition coefficient (Wildman–Crippen LogP) is 2.90.